The van der Waals surface area contributed by atoms with E-state index in [4.69, 9.17) is 11.6 Å². The van der Waals surface area contributed by atoms with E-state index in [0.717, 1.165) is 4.31 Å². The average Bonchev–Trinajstić information content (AvgIpc) is 2.20. The fraction of sp³-hybridized carbons (Fsp3) is 1.00. The van der Waals surface area contributed by atoms with Crippen LogP contribution in [0.15, 0.2) is 0 Å². The predicted octanol–water partition coefficient (Wildman–Crippen LogP) is 1.68. The molecule has 9 heteroatoms. The number of hydrogen-bond acceptors (Lipinski definition) is 2. The van der Waals surface area contributed by atoms with Gasteiger partial charge in [-0.05, 0) is 6.42 Å². The van der Waals surface area contributed by atoms with Gasteiger partial charge in [0.25, 0.3) is 10.2 Å². The number of alkyl halides is 4. The largest absolute Gasteiger partial charge is 0.402 e. The van der Waals surface area contributed by atoms with Crippen molar-refractivity contribution in [1.82, 2.24) is 8.61 Å². The Morgan fingerprint density at radius 2 is 1.82 bits per heavy atom. The molecular weight excluding hydrogens is 281 g/mol. The SMILES string of the molecule is CCN(CC(F)(F)F)S(=O)(=O)N(C)CCCCl. The molecule has 0 aromatic heterocycles. The molecule has 0 aliphatic rings. The van der Waals surface area contributed by atoms with Crippen molar-refractivity contribution in [2.75, 3.05) is 32.6 Å². The van der Waals surface area contributed by atoms with Gasteiger partial charge in [-0.15, -0.1) is 11.6 Å². The molecule has 0 saturated carbocycles. The Labute approximate surface area is 105 Å². The van der Waals surface area contributed by atoms with E-state index >= 15 is 0 Å². The van der Waals surface area contributed by atoms with Gasteiger partial charge >= 0.3 is 6.18 Å². The Balaban J connectivity index is 4.75. The molecule has 0 atom stereocenters. The molecule has 0 fully saturated rings. The van der Waals surface area contributed by atoms with E-state index in [1.54, 1.807) is 0 Å². The minimum atomic E-state index is -4.55. The van der Waals surface area contributed by atoms with Crippen molar-refractivity contribution in [3.05, 3.63) is 0 Å². The maximum absolute atomic E-state index is 12.2. The molecule has 4 nitrogen and oxygen atoms in total. The lowest BCUT2D eigenvalue weighted by atomic mass is 10.5. The topological polar surface area (TPSA) is 40.6 Å². The van der Waals surface area contributed by atoms with E-state index in [1.165, 1.54) is 14.0 Å². The van der Waals surface area contributed by atoms with Gasteiger partial charge in [-0.1, -0.05) is 6.92 Å². The van der Waals surface area contributed by atoms with Crippen molar-refractivity contribution in [3.8, 4) is 0 Å². The molecule has 0 rings (SSSR count). The van der Waals surface area contributed by atoms with Gasteiger partial charge < -0.3 is 0 Å². The first-order valence-corrected chi connectivity index (χ1v) is 6.92. The third-order valence-corrected chi connectivity index (χ3v) is 4.31. The van der Waals surface area contributed by atoms with E-state index in [9.17, 15) is 21.6 Å². The molecular formula is C8H16ClF3N2O2S. The number of halogens is 4. The van der Waals surface area contributed by atoms with E-state index < -0.39 is 22.9 Å². The van der Waals surface area contributed by atoms with Crippen molar-refractivity contribution in [2.45, 2.75) is 19.5 Å². The fourth-order valence-electron chi connectivity index (χ4n) is 1.15. The molecule has 0 unspecified atom stereocenters. The number of rotatable bonds is 7. The molecule has 0 aromatic rings. The predicted molar refractivity (Wildman–Crippen MR) is 60.2 cm³/mol. The summed E-state index contributed by atoms with van der Waals surface area (Å²) in [5, 5.41) is 0. The Hall–Kier alpha value is -0.0500. The molecule has 0 heterocycles. The van der Waals surface area contributed by atoms with Crippen molar-refractivity contribution in [1.29, 1.82) is 0 Å². The van der Waals surface area contributed by atoms with Gasteiger partial charge in [0.1, 0.15) is 6.54 Å². The van der Waals surface area contributed by atoms with Crippen LogP contribution in [0.1, 0.15) is 13.3 Å². The first-order valence-electron chi connectivity index (χ1n) is 4.99. The Morgan fingerprint density at radius 1 is 1.29 bits per heavy atom. The van der Waals surface area contributed by atoms with E-state index in [-0.39, 0.29) is 19.0 Å². The van der Waals surface area contributed by atoms with Crippen LogP contribution in [0.5, 0.6) is 0 Å². The second-order valence-corrected chi connectivity index (χ2v) is 5.83. The van der Waals surface area contributed by atoms with Crippen molar-refractivity contribution < 1.29 is 21.6 Å². The van der Waals surface area contributed by atoms with Crippen LogP contribution >= 0.6 is 11.6 Å². The highest BCUT2D eigenvalue weighted by molar-refractivity contribution is 7.86. The first-order chi connectivity index (χ1) is 7.65. The molecule has 0 aliphatic carbocycles. The molecule has 0 spiro atoms. The molecule has 0 aromatic carbocycles. The van der Waals surface area contributed by atoms with Crippen molar-refractivity contribution in [3.63, 3.8) is 0 Å². The summed E-state index contributed by atoms with van der Waals surface area (Å²) < 4.78 is 61.4. The van der Waals surface area contributed by atoms with Gasteiger partial charge in [-0.3, -0.25) is 0 Å². The molecule has 0 saturated heterocycles. The summed E-state index contributed by atoms with van der Waals surface area (Å²) in [6.45, 7) is -0.247. The minimum absolute atomic E-state index is 0.0974. The molecule has 17 heavy (non-hydrogen) atoms. The second-order valence-electron chi connectivity index (χ2n) is 3.41. The second kappa shape index (κ2) is 6.77. The molecule has 104 valence electrons. The third-order valence-electron chi connectivity index (χ3n) is 2.04. The average molecular weight is 297 g/mol. The van der Waals surface area contributed by atoms with Gasteiger partial charge in [0, 0.05) is 26.0 Å². The van der Waals surface area contributed by atoms with Gasteiger partial charge in [0.2, 0.25) is 0 Å². The smallest absolute Gasteiger partial charge is 0.195 e. The van der Waals surface area contributed by atoms with E-state index in [2.05, 4.69) is 0 Å². The zero-order valence-corrected chi connectivity index (χ0v) is 11.2. The summed E-state index contributed by atoms with van der Waals surface area (Å²) in [7, 11) is -2.83. The highest BCUT2D eigenvalue weighted by Gasteiger charge is 2.36. The highest BCUT2D eigenvalue weighted by atomic mass is 35.5. The highest BCUT2D eigenvalue weighted by Crippen LogP contribution is 2.19. The quantitative estimate of drug-likeness (QED) is 0.671. The van der Waals surface area contributed by atoms with Gasteiger partial charge in [-0.25, -0.2) is 0 Å². The first kappa shape index (κ1) is 16.9. The van der Waals surface area contributed by atoms with Crippen LogP contribution in [0.2, 0.25) is 0 Å². The van der Waals surface area contributed by atoms with Crippen LogP contribution in [-0.4, -0.2) is 55.8 Å². The normalized spacial score (nSPS) is 13.6. The summed E-state index contributed by atoms with van der Waals surface area (Å²) in [4.78, 5) is 0. The summed E-state index contributed by atoms with van der Waals surface area (Å²) in [5.74, 6) is 0.255. The Kier molecular flexibility index (Phi) is 6.75. The lowest BCUT2D eigenvalue weighted by Crippen LogP contribution is -2.46. The zero-order valence-electron chi connectivity index (χ0n) is 9.67. The third kappa shape index (κ3) is 5.89. The van der Waals surface area contributed by atoms with Crippen LogP contribution in [-0.2, 0) is 10.2 Å². The zero-order chi connectivity index (χ0) is 13.7. The molecule has 0 bridgehead atoms. The molecule has 0 radical (unpaired) electrons. The van der Waals surface area contributed by atoms with Crippen LogP contribution < -0.4 is 0 Å². The lowest BCUT2D eigenvalue weighted by Gasteiger charge is -2.27. The monoisotopic (exact) mass is 296 g/mol. The van der Waals surface area contributed by atoms with Crippen LogP contribution in [0.25, 0.3) is 0 Å². The minimum Gasteiger partial charge on any atom is -0.195 e. The number of hydrogen-bond donors (Lipinski definition) is 0. The van der Waals surface area contributed by atoms with Gasteiger partial charge in [0.15, 0.2) is 0 Å². The van der Waals surface area contributed by atoms with Crippen molar-refractivity contribution in [2.24, 2.45) is 0 Å². The maximum atomic E-state index is 12.2. The summed E-state index contributed by atoms with van der Waals surface area (Å²) in [6, 6.07) is 0. The fourth-order valence-corrected chi connectivity index (χ4v) is 2.66. The lowest BCUT2D eigenvalue weighted by molar-refractivity contribution is -0.136. The molecule has 0 aliphatic heterocycles. The number of nitrogens with zero attached hydrogens (tertiary/aromatic N) is 2. The Bertz CT molecular complexity index is 321. The van der Waals surface area contributed by atoms with E-state index in [0.29, 0.717) is 10.7 Å². The van der Waals surface area contributed by atoms with Crippen molar-refractivity contribution >= 4 is 21.8 Å². The van der Waals surface area contributed by atoms with Crippen LogP contribution in [0, 0.1) is 0 Å². The standard InChI is InChI=1S/C8H16ClF3N2O2S/c1-3-14(7-8(10,11)12)17(15,16)13(2)6-4-5-9/h3-7H2,1-2H3. The summed E-state index contributed by atoms with van der Waals surface area (Å²) in [6.07, 6.45) is -4.16. The van der Waals surface area contributed by atoms with Crippen LogP contribution in [0.3, 0.4) is 0 Å². The summed E-state index contributed by atoms with van der Waals surface area (Å²) in [5.41, 5.74) is 0. The van der Waals surface area contributed by atoms with E-state index in [1.807, 2.05) is 0 Å². The van der Waals surface area contributed by atoms with Gasteiger partial charge in [0.05, 0.1) is 0 Å². The molecule has 0 N–H and O–H groups in total. The van der Waals surface area contributed by atoms with Gasteiger partial charge in [-0.2, -0.15) is 30.2 Å². The summed E-state index contributed by atoms with van der Waals surface area (Å²) >= 11 is 5.40. The molecule has 0 amide bonds. The van der Waals surface area contributed by atoms with Crippen LogP contribution in [0.4, 0.5) is 13.2 Å². The Morgan fingerprint density at radius 3 is 2.18 bits per heavy atom. The maximum Gasteiger partial charge on any atom is 0.402 e.